The molecule has 3 fully saturated rings. The smallest absolute Gasteiger partial charge is 0.263 e. The number of hydrogen-bond donors (Lipinski definition) is 2. The van der Waals surface area contributed by atoms with Gasteiger partial charge in [-0.05, 0) is 95.5 Å². The molecule has 0 unspecified atom stereocenters. The van der Waals surface area contributed by atoms with Crippen LogP contribution in [0.1, 0.15) is 104 Å². The van der Waals surface area contributed by atoms with E-state index >= 15 is 0 Å². The van der Waals surface area contributed by atoms with Gasteiger partial charge in [-0.25, -0.2) is 38.7 Å². The number of benzene rings is 1. The number of Topliss-reactive ketones (excluding diaryl/α,β-unsaturated/α-hetero) is 1. The zero-order valence-corrected chi connectivity index (χ0v) is 41.0. The number of hydrogen-bond acceptors (Lipinski definition) is 14. The fraction of sp³-hybridized carbons (Fsp3) is 0.442. The standard InChI is InChI=1S/C27H32F2N8.C25H30N6O2/c1-5-35-8-10-36(11-9-35)16-19-6-7-24(30-14-19)33-27-31-15-22(29)25(34-27)20-12-21(28)26-23(13-20)37(17(2)3)18(4)32-26;1-16-21-15-28-22(13-18-7-8-20(14-27-18)30-11-9-26-10-12-30)29-24(21)31(19-5-3-4-6-19)25(33)23(16)17(2)32/h6-7,12-15,17H,5,8-11,16H2,1-4H3,(H,30,31,33,34);7-8,14-15,19,26H,3-6,9-13H2,1-2H3. The van der Waals surface area contributed by atoms with Crippen molar-refractivity contribution < 1.29 is 13.6 Å². The summed E-state index contributed by atoms with van der Waals surface area (Å²) in [5.74, 6) is 0.701. The number of rotatable bonds is 12. The van der Waals surface area contributed by atoms with Crippen LogP contribution in [-0.2, 0) is 13.0 Å². The van der Waals surface area contributed by atoms with Crippen molar-refractivity contribution in [3.8, 4) is 11.3 Å². The molecule has 16 nitrogen and oxygen atoms in total. The summed E-state index contributed by atoms with van der Waals surface area (Å²) < 4.78 is 33.4. The number of halogens is 2. The maximum absolute atomic E-state index is 14.9. The van der Waals surface area contributed by atoms with E-state index < -0.39 is 11.6 Å². The van der Waals surface area contributed by atoms with Gasteiger partial charge in [0.15, 0.2) is 17.4 Å². The van der Waals surface area contributed by atoms with Crippen LogP contribution in [0, 0.1) is 25.5 Å². The van der Waals surface area contributed by atoms with Gasteiger partial charge in [-0.2, -0.15) is 0 Å². The molecule has 1 aromatic carbocycles. The first-order valence-electron chi connectivity index (χ1n) is 24.5. The molecule has 3 aliphatic rings. The average Bonchev–Trinajstić information content (AvgIpc) is 4.02. The highest BCUT2D eigenvalue weighted by atomic mass is 19.1. The predicted octanol–water partition coefficient (Wildman–Crippen LogP) is 7.75. The van der Waals surface area contributed by atoms with Crippen molar-refractivity contribution >= 4 is 45.3 Å². The summed E-state index contributed by atoms with van der Waals surface area (Å²) in [6, 6.07) is 11.2. The second-order valence-electron chi connectivity index (χ2n) is 18.8. The van der Waals surface area contributed by atoms with Gasteiger partial charge < -0.3 is 25.0 Å². The minimum absolute atomic E-state index is 0.00954. The third-order valence-electron chi connectivity index (χ3n) is 13.8. The third kappa shape index (κ3) is 10.4. The predicted molar refractivity (Wildman–Crippen MR) is 269 cm³/mol. The van der Waals surface area contributed by atoms with Crippen LogP contribution >= 0.6 is 0 Å². The number of piperazine rings is 2. The third-order valence-corrected chi connectivity index (χ3v) is 13.8. The van der Waals surface area contributed by atoms with Gasteiger partial charge >= 0.3 is 0 Å². The van der Waals surface area contributed by atoms with E-state index in [1.165, 1.54) is 13.0 Å². The minimum Gasteiger partial charge on any atom is -0.368 e. The van der Waals surface area contributed by atoms with Gasteiger partial charge in [-0.3, -0.25) is 24.0 Å². The number of imidazole rings is 1. The molecule has 0 radical (unpaired) electrons. The van der Waals surface area contributed by atoms with E-state index in [1.807, 2.05) is 62.9 Å². The number of ketones is 1. The van der Waals surface area contributed by atoms with Gasteiger partial charge in [0.2, 0.25) is 5.95 Å². The molecule has 10 rings (SSSR count). The molecule has 8 heterocycles. The number of aryl methyl sites for hydroxylation is 2. The Morgan fingerprint density at radius 3 is 2.27 bits per heavy atom. The average molecular weight is 953 g/mol. The van der Waals surface area contributed by atoms with E-state index in [0.717, 1.165) is 120 Å². The minimum atomic E-state index is -0.636. The lowest BCUT2D eigenvalue weighted by Crippen LogP contribution is -2.45. The molecule has 366 valence electrons. The lowest BCUT2D eigenvalue weighted by molar-refractivity contribution is 0.101. The molecule has 6 aromatic heterocycles. The fourth-order valence-corrected chi connectivity index (χ4v) is 10.1. The molecule has 2 saturated heterocycles. The Hall–Kier alpha value is -6.63. The van der Waals surface area contributed by atoms with Crippen molar-refractivity contribution in [1.82, 2.24) is 59.1 Å². The van der Waals surface area contributed by atoms with E-state index in [2.05, 4.69) is 68.2 Å². The number of anilines is 3. The van der Waals surface area contributed by atoms with Crippen LogP contribution in [0.5, 0.6) is 0 Å². The zero-order valence-electron chi connectivity index (χ0n) is 41.0. The van der Waals surface area contributed by atoms with E-state index in [9.17, 15) is 18.4 Å². The maximum Gasteiger partial charge on any atom is 0.263 e. The Morgan fingerprint density at radius 2 is 1.60 bits per heavy atom. The van der Waals surface area contributed by atoms with Gasteiger partial charge in [0.05, 0.1) is 35.6 Å². The largest absolute Gasteiger partial charge is 0.368 e. The van der Waals surface area contributed by atoms with Crippen molar-refractivity contribution in [2.75, 3.05) is 69.1 Å². The molecule has 0 amide bonds. The van der Waals surface area contributed by atoms with Crippen LogP contribution < -0.4 is 21.1 Å². The van der Waals surface area contributed by atoms with Crippen molar-refractivity contribution in [1.29, 1.82) is 0 Å². The van der Waals surface area contributed by atoms with Crippen LogP contribution in [0.3, 0.4) is 0 Å². The summed E-state index contributed by atoms with van der Waals surface area (Å²) in [5, 5.41) is 7.18. The monoisotopic (exact) mass is 953 g/mol. The first-order chi connectivity index (χ1) is 33.8. The number of nitrogens with one attached hydrogen (secondary N) is 2. The van der Waals surface area contributed by atoms with Crippen LogP contribution in [0.25, 0.3) is 33.3 Å². The topological polar surface area (TPSA) is 168 Å². The molecule has 0 atom stereocenters. The van der Waals surface area contributed by atoms with Crippen molar-refractivity contribution in [2.45, 2.75) is 92.3 Å². The molecule has 0 spiro atoms. The molecule has 7 aromatic rings. The highest BCUT2D eigenvalue weighted by Crippen LogP contribution is 2.33. The van der Waals surface area contributed by atoms with E-state index in [1.54, 1.807) is 16.8 Å². The Labute approximate surface area is 406 Å². The number of carbonyl (C=O) groups is 1. The zero-order chi connectivity index (χ0) is 49.1. The molecule has 1 saturated carbocycles. The Balaban J connectivity index is 0.000000175. The molecule has 70 heavy (non-hydrogen) atoms. The highest BCUT2D eigenvalue weighted by molar-refractivity contribution is 5.99. The van der Waals surface area contributed by atoms with Gasteiger partial charge in [0, 0.05) is 100 Å². The van der Waals surface area contributed by atoms with Crippen molar-refractivity contribution in [3.05, 3.63) is 117 Å². The second kappa shape index (κ2) is 21.2. The van der Waals surface area contributed by atoms with E-state index in [-0.39, 0.29) is 46.1 Å². The van der Waals surface area contributed by atoms with Gasteiger partial charge in [0.25, 0.3) is 5.56 Å². The van der Waals surface area contributed by atoms with Gasteiger partial charge in [-0.15, -0.1) is 0 Å². The molecule has 18 heteroatoms. The molecular formula is C52H62F2N14O2. The first-order valence-corrected chi connectivity index (χ1v) is 24.5. The van der Waals surface area contributed by atoms with Crippen molar-refractivity contribution in [2.24, 2.45) is 0 Å². The van der Waals surface area contributed by atoms with Crippen LogP contribution in [-0.4, -0.2) is 119 Å². The maximum atomic E-state index is 14.9. The number of fused-ring (bicyclic) bond motifs is 2. The van der Waals surface area contributed by atoms with Gasteiger partial charge in [0.1, 0.15) is 34.3 Å². The van der Waals surface area contributed by atoms with Crippen LogP contribution in [0.15, 0.2) is 66.0 Å². The quantitative estimate of drug-likeness (QED) is 0.114. The normalized spacial score (nSPS) is 16.0. The molecular weight excluding hydrogens is 891 g/mol. The molecule has 2 aliphatic heterocycles. The summed E-state index contributed by atoms with van der Waals surface area (Å²) in [6.07, 6.45) is 11.1. The van der Waals surface area contributed by atoms with E-state index in [4.69, 9.17) is 4.98 Å². The molecule has 1 aliphatic carbocycles. The fourth-order valence-electron chi connectivity index (χ4n) is 10.1. The number of pyridine rings is 3. The number of aromatic nitrogens is 9. The molecule has 2 N–H and O–H groups in total. The SMILES string of the molecule is CC(=O)c1c(C)c2cnc(Cc3ccc(N4CCNCC4)cn3)nc2n(C2CCCC2)c1=O.CCN1CCN(Cc2ccc(Nc3ncc(F)c(-c4cc(F)c5nc(C)n(C(C)C)c5c4)n3)nc2)CC1. The summed E-state index contributed by atoms with van der Waals surface area (Å²) in [5.41, 5.74) is 5.68. The van der Waals surface area contributed by atoms with Crippen LogP contribution in [0.4, 0.5) is 26.2 Å². The van der Waals surface area contributed by atoms with Gasteiger partial charge in [-0.1, -0.05) is 25.8 Å². The summed E-state index contributed by atoms with van der Waals surface area (Å²) in [4.78, 5) is 64.1. The summed E-state index contributed by atoms with van der Waals surface area (Å²) in [7, 11) is 0. The highest BCUT2D eigenvalue weighted by Gasteiger charge is 2.26. The Bertz CT molecular complexity index is 3050. The lowest BCUT2D eigenvalue weighted by atomic mass is 10.0. The summed E-state index contributed by atoms with van der Waals surface area (Å²) in [6.45, 7) is 21.4. The lowest BCUT2D eigenvalue weighted by Gasteiger charge is -2.33. The summed E-state index contributed by atoms with van der Waals surface area (Å²) >= 11 is 0. The molecule has 0 bridgehead atoms. The number of carbonyl (C=O) groups excluding carboxylic acids is 1. The van der Waals surface area contributed by atoms with Crippen molar-refractivity contribution in [3.63, 3.8) is 0 Å². The number of likely N-dealkylation sites (N-methyl/N-ethyl adjacent to an activating group) is 1. The second-order valence-corrected chi connectivity index (χ2v) is 18.8. The van der Waals surface area contributed by atoms with Crippen LogP contribution in [0.2, 0.25) is 0 Å². The Kier molecular flexibility index (Phi) is 14.6. The number of nitrogens with zero attached hydrogens (tertiary/aromatic N) is 12. The first kappa shape index (κ1) is 48.4. The van der Waals surface area contributed by atoms with E-state index in [0.29, 0.717) is 46.2 Å². The Morgan fingerprint density at radius 1 is 0.843 bits per heavy atom.